The molecule has 0 saturated heterocycles. The van der Waals surface area contributed by atoms with Crippen LogP contribution in [0.1, 0.15) is 31.4 Å². The maximum atomic E-state index is 8.72. The minimum atomic E-state index is -0.0943. The fraction of sp³-hybridized carbons (Fsp3) is 0.304. The molecule has 28 heavy (non-hydrogen) atoms. The van der Waals surface area contributed by atoms with Gasteiger partial charge in [-0.15, -0.1) is 0 Å². The first-order chi connectivity index (χ1) is 12.8. The Labute approximate surface area is 179 Å². The largest absolute Gasteiger partial charge is 1.00 e. The van der Waals surface area contributed by atoms with E-state index in [4.69, 9.17) is 16.9 Å². The average molecular weight is 414 g/mol. The molecule has 3 nitrogen and oxygen atoms in total. The molecule has 2 aromatic rings. The number of allylic oxidation sites excluding steroid dienone is 1. The Morgan fingerprint density at radius 1 is 1.14 bits per heavy atom. The van der Waals surface area contributed by atoms with Gasteiger partial charge in [-0.2, -0.15) is 9.84 Å². The van der Waals surface area contributed by atoms with Crippen molar-refractivity contribution in [1.82, 2.24) is 0 Å². The number of rotatable bonds is 5. The average Bonchev–Trinajstić information content (AvgIpc) is 2.84. The Morgan fingerprint density at radius 3 is 2.46 bits per heavy atom. The van der Waals surface area contributed by atoms with Gasteiger partial charge in [0.1, 0.15) is 7.05 Å². The lowest BCUT2D eigenvalue weighted by atomic mass is 9.81. The van der Waals surface area contributed by atoms with Gasteiger partial charge in [-0.25, -0.2) is 0 Å². The summed E-state index contributed by atoms with van der Waals surface area (Å²) >= 11 is 6.22. The van der Waals surface area contributed by atoms with Crippen molar-refractivity contribution in [3.63, 3.8) is 0 Å². The molecule has 0 atom stereocenters. The van der Waals surface area contributed by atoms with Crippen LogP contribution in [0.4, 0.5) is 11.4 Å². The van der Waals surface area contributed by atoms with E-state index in [2.05, 4.69) is 85.0 Å². The van der Waals surface area contributed by atoms with Gasteiger partial charge in [-0.1, -0.05) is 23.7 Å². The Morgan fingerprint density at radius 2 is 1.82 bits per heavy atom. The molecule has 0 fully saturated rings. The van der Waals surface area contributed by atoms with Crippen molar-refractivity contribution in [2.45, 2.75) is 25.7 Å². The highest BCUT2D eigenvalue weighted by Gasteiger charge is 2.42. The van der Waals surface area contributed by atoms with E-state index in [1.165, 1.54) is 17.0 Å². The highest BCUT2D eigenvalue weighted by atomic mass is 35.5. The molecular weight excluding hydrogens is 389 g/mol. The van der Waals surface area contributed by atoms with Crippen LogP contribution in [0.15, 0.2) is 48.5 Å². The molecular formula is C23H25Cl2N3. The van der Waals surface area contributed by atoms with Crippen molar-refractivity contribution >= 4 is 34.8 Å². The molecule has 5 heteroatoms. The summed E-state index contributed by atoms with van der Waals surface area (Å²) in [6.07, 6.45) is 4.88. The van der Waals surface area contributed by atoms with Crippen molar-refractivity contribution in [3.05, 3.63) is 64.7 Å². The zero-order valence-electron chi connectivity index (χ0n) is 16.7. The van der Waals surface area contributed by atoms with E-state index < -0.39 is 0 Å². The van der Waals surface area contributed by atoms with Crippen LogP contribution < -0.4 is 17.3 Å². The molecule has 2 aromatic carbocycles. The van der Waals surface area contributed by atoms with Crippen molar-refractivity contribution in [2.24, 2.45) is 0 Å². The SMILES string of the molecule is CN(CCC#N)c1ccc(C=CC2=[N+](C)c3ccc(Cl)cc3C2(C)C)cc1.[Cl-]. The Kier molecular flexibility index (Phi) is 6.93. The fourth-order valence-electron chi connectivity index (χ4n) is 3.67. The zero-order chi connectivity index (χ0) is 19.6. The number of anilines is 1. The third-order valence-electron chi connectivity index (χ3n) is 5.32. The van der Waals surface area contributed by atoms with E-state index in [1.807, 2.05) is 13.1 Å². The molecule has 0 spiro atoms. The van der Waals surface area contributed by atoms with Gasteiger partial charge in [0.25, 0.3) is 0 Å². The third-order valence-corrected chi connectivity index (χ3v) is 5.56. The molecule has 0 bridgehead atoms. The molecule has 0 amide bonds. The van der Waals surface area contributed by atoms with Crippen molar-refractivity contribution in [2.75, 3.05) is 25.5 Å². The lowest BCUT2D eigenvalue weighted by molar-refractivity contribution is -0.401. The van der Waals surface area contributed by atoms with Gasteiger partial charge in [-0.3, -0.25) is 0 Å². The molecule has 0 N–H and O–H groups in total. The number of hydrogen-bond donors (Lipinski definition) is 0. The zero-order valence-corrected chi connectivity index (χ0v) is 18.2. The highest BCUT2D eigenvalue weighted by Crippen LogP contribution is 2.40. The van der Waals surface area contributed by atoms with E-state index >= 15 is 0 Å². The van der Waals surface area contributed by atoms with Crippen LogP contribution in [0.25, 0.3) is 6.08 Å². The standard InChI is InChI=1S/C23H25ClN3.ClH/c1-23(2)20-16-18(24)9-12-21(20)27(4)22(23)13-8-17-6-10-19(11-7-17)26(3)15-5-14-25;/h6-13,16H,5,15H2,1-4H3;1H/q+1;/p-1. The molecule has 1 aliphatic rings. The van der Waals surface area contributed by atoms with Crippen LogP contribution in [0, 0.1) is 11.3 Å². The molecule has 3 rings (SSSR count). The summed E-state index contributed by atoms with van der Waals surface area (Å²) in [4.78, 5) is 2.10. The number of halogens is 2. The normalized spacial score (nSPS) is 14.6. The fourth-order valence-corrected chi connectivity index (χ4v) is 3.84. The Hall–Kier alpha value is -2.28. The number of fused-ring (bicyclic) bond motifs is 1. The predicted octanol–water partition coefficient (Wildman–Crippen LogP) is 2.41. The van der Waals surface area contributed by atoms with E-state index in [0.717, 1.165) is 22.8 Å². The summed E-state index contributed by atoms with van der Waals surface area (Å²) < 4.78 is 2.24. The molecule has 0 aliphatic carbocycles. The van der Waals surface area contributed by atoms with Crippen LogP contribution >= 0.6 is 11.6 Å². The lowest BCUT2D eigenvalue weighted by Crippen LogP contribution is -3.00. The van der Waals surface area contributed by atoms with Crippen LogP contribution in [0.5, 0.6) is 0 Å². The molecule has 1 aliphatic heterocycles. The Balaban J connectivity index is 0.00000280. The summed E-state index contributed by atoms with van der Waals surface area (Å²) in [5.41, 5.74) is 5.89. The molecule has 1 heterocycles. The minimum absolute atomic E-state index is 0. The molecule has 0 unspecified atom stereocenters. The number of benzene rings is 2. The summed E-state index contributed by atoms with van der Waals surface area (Å²) in [5.74, 6) is 0. The second-order valence-electron chi connectivity index (χ2n) is 7.49. The van der Waals surface area contributed by atoms with Gasteiger partial charge in [0, 0.05) is 42.0 Å². The van der Waals surface area contributed by atoms with Crippen LogP contribution in [0.2, 0.25) is 5.02 Å². The van der Waals surface area contributed by atoms with Crippen molar-refractivity contribution in [3.8, 4) is 6.07 Å². The van der Waals surface area contributed by atoms with E-state index in [9.17, 15) is 0 Å². The smallest absolute Gasteiger partial charge is 0.209 e. The number of nitriles is 1. The van der Waals surface area contributed by atoms with E-state index in [-0.39, 0.29) is 17.8 Å². The minimum Gasteiger partial charge on any atom is -1.00 e. The third kappa shape index (κ3) is 4.24. The first-order valence-electron chi connectivity index (χ1n) is 9.12. The second-order valence-corrected chi connectivity index (χ2v) is 7.92. The van der Waals surface area contributed by atoms with Gasteiger partial charge in [0.15, 0.2) is 5.71 Å². The Bertz CT molecular complexity index is 951. The number of nitrogens with zero attached hydrogens (tertiary/aromatic N) is 3. The van der Waals surface area contributed by atoms with Crippen LogP contribution in [-0.4, -0.2) is 30.9 Å². The van der Waals surface area contributed by atoms with Crippen molar-refractivity contribution in [1.29, 1.82) is 5.26 Å². The van der Waals surface area contributed by atoms with Crippen LogP contribution in [-0.2, 0) is 5.41 Å². The van der Waals surface area contributed by atoms with E-state index in [0.29, 0.717) is 6.42 Å². The summed E-state index contributed by atoms with van der Waals surface area (Å²) in [6, 6.07) is 16.7. The van der Waals surface area contributed by atoms with E-state index in [1.54, 1.807) is 0 Å². The molecule has 0 saturated carbocycles. The van der Waals surface area contributed by atoms with Gasteiger partial charge in [-0.05, 0) is 49.8 Å². The van der Waals surface area contributed by atoms with Gasteiger partial charge >= 0.3 is 0 Å². The summed E-state index contributed by atoms with van der Waals surface area (Å²) in [5, 5.41) is 9.50. The van der Waals surface area contributed by atoms with Crippen LogP contribution in [0.3, 0.4) is 0 Å². The first kappa shape index (κ1) is 22.0. The van der Waals surface area contributed by atoms with Gasteiger partial charge in [0.05, 0.1) is 17.9 Å². The number of hydrogen-bond acceptors (Lipinski definition) is 2. The maximum Gasteiger partial charge on any atom is 0.209 e. The second kappa shape index (κ2) is 8.82. The monoisotopic (exact) mass is 413 g/mol. The lowest BCUT2D eigenvalue weighted by Gasteiger charge is -2.17. The predicted molar refractivity (Wildman–Crippen MR) is 114 cm³/mol. The quantitative estimate of drug-likeness (QED) is 0.704. The van der Waals surface area contributed by atoms with Gasteiger partial charge in [0.2, 0.25) is 5.69 Å². The maximum absolute atomic E-state index is 8.72. The molecule has 0 aromatic heterocycles. The van der Waals surface area contributed by atoms with Crippen molar-refractivity contribution < 1.29 is 17.0 Å². The first-order valence-corrected chi connectivity index (χ1v) is 9.50. The summed E-state index contributed by atoms with van der Waals surface area (Å²) in [7, 11) is 4.12. The highest BCUT2D eigenvalue weighted by molar-refractivity contribution is 6.30. The topological polar surface area (TPSA) is 30.0 Å². The molecule has 146 valence electrons. The molecule has 0 radical (unpaired) electrons. The van der Waals surface area contributed by atoms with Gasteiger partial charge < -0.3 is 17.3 Å². The summed E-state index contributed by atoms with van der Waals surface area (Å²) in [6.45, 7) is 5.21.